The van der Waals surface area contributed by atoms with Crippen LogP contribution in [0.25, 0.3) is 0 Å². The molecule has 1 unspecified atom stereocenters. The smallest absolute Gasteiger partial charge is 0.0613 e. The molecule has 0 fully saturated rings. The first-order chi connectivity index (χ1) is 6.74. The fraction of sp³-hybridized carbons (Fsp3) is 0.700. The van der Waals surface area contributed by atoms with E-state index in [0.29, 0.717) is 6.61 Å². The second-order valence-corrected chi connectivity index (χ2v) is 3.55. The van der Waals surface area contributed by atoms with Crippen LogP contribution in [0.3, 0.4) is 0 Å². The molecule has 1 aromatic heterocycles. The Morgan fingerprint density at radius 2 is 2.43 bits per heavy atom. The number of aromatic nitrogens is 2. The minimum Gasteiger partial charge on any atom is -0.383 e. The summed E-state index contributed by atoms with van der Waals surface area (Å²) in [5.74, 6) is 0. The van der Waals surface area contributed by atoms with Crippen molar-refractivity contribution in [2.75, 3.05) is 13.7 Å². The Labute approximate surface area is 85.0 Å². The van der Waals surface area contributed by atoms with Crippen molar-refractivity contribution in [3.05, 3.63) is 18.0 Å². The van der Waals surface area contributed by atoms with Crippen molar-refractivity contribution in [3.8, 4) is 0 Å². The van der Waals surface area contributed by atoms with Gasteiger partial charge in [-0.2, -0.15) is 5.10 Å². The molecule has 0 amide bonds. The molecule has 14 heavy (non-hydrogen) atoms. The van der Waals surface area contributed by atoms with Gasteiger partial charge < -0.3 is 10.5 Å². The van der Waals surface area contributed by atoms with Crippen molar-refractivity contribution < 1.29 is 4.74 Å². The fourth-order valence-electron chi connectivity index (χ4n) is 1.49. The lowest BCUT2D eigenvalue weighted by Crippen LogP contribution is -2.25. The van der Waals surface area contributed by atoms with E-state index in [2.05, 4.69) is 5.10 Å². The van der Waals surface area contributed by atoms with Crippen LogP contribution < -0.4 is 5.73 Å². The third-order valence-corrected chi connectivity index (χ3v) is 2.31. The molecule has 2 N–H and O–H groups in total. The topological polar surface area (TPSA) is 53.1 Å². The van der Waals surface area contributed by atoms with Gasteiger partial charge in [0.25, 0.3) is 0 Å². The molecule has 0 saturated carbocycles. The molecular formula is C10H19N3O. The maximum absolute atomic E-state index is 5.81. The second kappa shape index (κ2) is 5.78. The van der Waals surface area contributed by atoms with Crippen LogP contribution in [0.4, 0.5) is 0 Å². The lowest BCUT2D eigenvalue weighted by Gasteiger charge is -2.09. The summed E-state index contributed by atoms with van der Waals surface area (Å²) in [4.78, 5) is 0. The van der Waals surface area contributed by atoms with Crippen LogP contribution in [0.1, 0.15) is 18.5 Å². The monoisotopic (exact) mass is 197 g/mol. The Kier molecular flexibility index (Phi) is 4.62. The number of ether oxygens (including phenoxy) is 1. The highest BCUT2D eigenvalue weighted by atomic mass is 16.5. The van der Waals surface area contributed by atoms with Crippen LogP contribution in [-0.2, 0) is 18.2 Å². The third-order valence-electron chi connectivity index (χ3n) is 2.31. The molecule has 4 nitrogen and oxygen atoms in total. The molecular weight excluding hydrogens is 178 g/mol. The number of nitrogens with zero attached hydrogens (tertiary/aromatic N) is 2. The van der Waals surface area contributed by atoms with E-state index in [1.54, 1.807) is 7.11 Å². The quantitative estimate of drug-likeness (QED) is 0.731. The van der Waals surface area contributed by atoms with Crippen LogP contribution in [0, 0.1) is 0 Å². The largest absolute Gasteiger partial charge is 0.383 e. The van der Waals surface area contributed by atoms with Gasteiger partial charge in [-0.3, -0.25) is 4.68 Å². The summed E-state index contributed by atoms with van der Waals surface area (Å²) >= 11 is 0. The molecule has 1 heterocycles. The molecule has 0 radical (unpaired) electrons. The van der Waals surface area contributed by atoms with Crippen LogP contribution in [-0.4, -0.2) is 29.5 Å². The normalized spacial score (nSPS) is 13.1. The molecule has 4 heteroatoms. The lowest BCUT2D eigenvalue weighted by molar-refractivity contribution is 0.176. The summed E-state index contributed by atoms with van der Waals surface area (Å²) < 4.78 is 6.88. The number of hydrogen-bond donors (Lipinski definition) is 1. The van der Waals surface area contributed by atoms with Crippen LogP contribution in [0.15, 0.2) is 12.3 Å². The average Bonchev–Trinajstić information content (AvgIpc) is 2.52. The highest BCUT2D eigenvalue weighted by Gasteiger charge is 2.03. The Bertz CT molecular complexity index is 260. The Hall–Kier alpha value is -0.870. The van der Waals surface area contributed by atoms with Crippen LogP contribution >= 0.6 is 0 Å². The van der Waals surface area contributed by atoms with Gasteiger partial charge in [0, 0.05) is 32.1 Å². The van der Waals surface area contributed by atoms with E-state index in [1.807, 2.05) is 24.0 Å². The summed E-state index contributed by atoms with van der Waals surface area (Å²) in [6, 6.07) is 2.20. The van der Waals surface area contributed by atoms with E-state index >= 15 is 0 Å². The minimum absolute atomic E-state index is 0.160. The predicted octanol–water partition coefficient (Wildman–Crippen LogP) is 0.716. The molecule has 0 saturated heterocycles. The summed E-state index contributed by atoms with van der Waals surface area (Å²) in [6.07, 6.45) is 4.95. The minimum atomic E-state index is 0.160. The molecule has 80 valence electrons. The Morgan fingerprint density at radius 3 is 3.00 bits per heavy atom. The number of rotatable bonds is 6. The first-order valence-electron chi connectivity index (χ1n) is 4.95. The molecule has 0 aliphatic rings. The van der Waals surface area contributed by atoms with E-state index in [9.17, 15) is 0 Å². The van der Waals surface area contributed by atoms with Gasteiger partial charge in [0.15, 0.2) is 0 Å². The van der Waals surface area contributed by atoms with Gasteiger partial charge in [-0.15, -0.1) is 0 Å². The van der Waals surface area contributed by atoms with E-state index in [0.717, 1.165) is 19.3 Å². The zero-order chi connectivity index (χ0) is 10.4. The van der Waals surface area contributed by atoms with Gasteiger partial charge >= 0.3 is 0 Å². The van der Waals surface area contributed by atoms with Crippen molar-refractivity contribution in [2.24, 2.45) is 12.8 Å². The average molecular weight is 197 g/mol. The second-order valence-electron chi connectivity index (χ2n) is 3.55. The third kappa shape index (κ3) is 3.47. The van der Waals surface area contributed by atoms with Crippen molar-refractivity contribution in [1.29, 1.82) is 0 Å². The molecule has 1 aromatic rings. The van der Waals surface area contributed by atoms with Crippen molar-refractivity contribution >= 4 is 0 Å². The van der Waals surface area contributed by atoms with E-state index in [1.165, 1.54) is 5.69 Å². The number of aryl methyl sites for hydroxylation is 2. The van der Waals surface area contributed by atoms with Crippen LogP contribution in [0.5, 0.6) is 0 Å². The Balaban J connectivity index is 2.19. The van der Waals surface area contributed by atoms with Gasteiger partial charge in [-0.1, -0.05) is 0 Å². The van der Waals surface area contributed by atoms with E-state index in [4.69, 9.17) is 10.5 Å². The highest BCUT2D eigenvalue weighted by Crippen LogP contribution is 2.04. The molecule has 0 aliphatic carbocycles. The lowest BCUT2D eigenvalue weighted by atomic mass is 10.1. The van der Waals surface area contributed by atoms with E-state index < -0.39 is 0 Å². The molecule has 0 aliphatic heterocycles. The summed E-state index contributed by atoms with van der Waals surface area (Å²) in [6.45, 7) is 0.644. The van der Waals surface area contributed by atoms with Crippen molar-refractivity contribution in [2.45, 2.75) is 25.3 Å². The van der Waals surface area contributed by atoms with Gasteiger partial charge in [0.1, 0.15) is 0 Å². The number of methoxy groups -OCH3 is 1. The summed E-state index contributed by atoms with van der Waals surface area (Å²) in [5.41, 5.74) is 7.07. The molecule has 1 rings (SSSR count). The Morgan fingerprint density at radius 1 is 1.64 bits per heavy atom. The molecule has 0 aromatic carbocycles. The van der Waals surface area contributed by atoms with Gasteiger partial charge in [0.05, 0.1) is 6.61 Å². The summed E-state index contributed by atoms with van der Waals surface area (Å²) in [5, 5.41) is 4.11. The van der Waals surface area contributed by atoms with Crippen molar-refractivity contribution in [1.82, 2.24) is 9.78 Å². The van der Waals surface area contributed by atoms with Gasteiger partial charge in [0.2, 0.25) is 0 Å². The van der Waals surface area contributed by atoms with Gasteiger partial charge in [-0.05, 0) is 25.3 Å². The first-order valence-corrected chi connectivity index (χ1v) is 4.95. The first kappa shape index (κ1) is 11.2. The standard InChI is InChI=1S/C10H19N3O/c1-13-10(6-7-12-13)5-3-4-9(11)8-14-2/h6-7,9H,3-5,8,11H2,1-2H3. The molecule has 0 bridgehead atoms. The predicted molar refractivity (Wildman–Crippen MR) is 56.0 cm³/mol. The maximum Gasteiger partial charge on any atom is 0.0613 e. The molecule has 1 atom stereocenters. The zero-order valence-electron chi connectivity index (χ0n) is 8.94. The fourth-order valence-corrected chi connectivity index (χ4v) is 1.49. The number of hydrogen-bond acceptors (Lipinski definition) is 3. The highest BCUT2D eigenvalue weighted by molar-refractivity contribution is 4.99. The van der Waals surface area contributed by atoms with Crippen LogP contribution in [0.2, 0.25) is 0 Å². The summed E-state index contributed by atoms with van der Waals surface area (Å²) in [7, 11) is 3.64. The maximum atomic E-state index is 5.81. The van der Waals surface area contributed by atoms with Crippen molar-refractivity contribution in [3.63, 3.8) is 0 Å². The SMILES string of the molecule is COCC(N)CCCc1ccnn1C. The van der Waals surface area contributed by atoms with Gasteiger partial charge in [-0.25, -0.2) is 0 Å². The molecule has 0 spiro atoms. The van der Waals surface area contributed by atoms with E-state index in [-0.39, 0.29) is 6.04 Å². The number of nitrogens with two attached hydrogens (primary N) is 1. The zero-order valence-corrected chi connectivity index (χ0v) is 8.94.